The minimum atomic E-state index is -0.835. The molecule has 1 aromatic rings. The van der Waals surface area contributed by atoms with Gasteiger partial charge in [-0.25, -0.2) is 4.98 Å². The smallest absolute Gasteiger partial charge is 0.223 e. The second kappa shape index (κ2) is 6.98. The first-order chi connectivity index (χ1) is 11.1. The predicted octanol–water partition coefficient (Wildman–Crippen LogP) is -0.787. The summed E-state index contributed by atoms with van der Waals surface area (Å²) in [5.74, 6) is -0.436. The van der Waals surface area contributed by atoms with Gasteiger partial charge < -0.3 is 25.4 Å². The van der Waals surface area contributed by atoms with Crippen molar-refractivity contribution in [3.63, 3.8) is 0 Å². The Morgan fingerprint density at radius 2 is 2.13 bits per heavy atom. The number of carbonyl (C=O) groups excluding carboxylic acids is 1. The Morgan fingerprint density at radius 3 is 2.87 bits per heavy atom. The lowest BCUT2D eigenvalue weighted by molar-refractivity contribution is -0.145. The van der Waals surface area contributed by atoms with Crippen LogP contribution >= 0.6 is 0 Å². The van der Waals surface area contributed by atoms with Gasteiger partial charge in [0.1, 0.15) is 0 Å². The molecule has 0 radical (unpaired) electrons. The van der Waals surface area contributed by atoms with Crippen molar-refractivity contribution in [2.75, 3.05) is 19.6 Å². The molecule has 0 aromatic carbocycles. The van der Waals surface area contributed by atoms with E-state index in [1.165, 1.54) is 0 Å². The SMILES string of the molecule is C[C@H]1[C@H](O)[C@@H](O)[C@H]2CNC[C@@H]2[C@H]1C(=O)NCCCn1ccnc1. The van der Waals surface area contributed by atoms with Crippen LogP contribution in [0.3, 0.4) is 0 Å². The van der Waals surface area contributed by atoms with Crippen LogP contribution in [0.1, 0.15) is 13.3 Å². The first-order valence-corrected chi connectivity index (χ1v) is 8.40. The van der Waals surface area contributed by atoms with E-state index >= 15 is 0 Å². The Balaban J connectivity index is 1.54. The van der Waals surface area contributed by atoms with Crippen LogP contribution < -0.4 is 10.6 Å². The summed E-state index contributed by atoms with van der Waals surface area (Å²) in [6.45, 7) is 4.67. The normalized spacial score (nSPS) is 36.7. The van der Waals surface area contributed by atoms with Crippen molar-refractivity contribution in [2.24, 2.45) is 23.7 Å². The lowest BCUT2D eigenvalue weighted by atomic mass is 9.65. The van der Waals surface area contributed by atoms with Crippen LogP contribution in [0.25, 0.3) is 0 Å². The summed E-state index contributed by atoms with van der Waals surface area (Å²) in [6, 6.07) is 0. The van der Waals surface area contributed by atoms with Gasteiger partial charge >= 0.3 is 0 Å². The number of hydrogen-bond acceptors (Lipinski definition) is 5. The summed E-state index contributed by atoms with van der Waals surface area (Å²) in [5, 5.41) is 26.7. The molecule has 1 saturated heterocycles. The Kier molecular flexibility index (Phi) is 4.99. The molecule has 3 rings (SSSR count). The van der Waals surface area contributed by atoms with Crippen LogP contribution in [-0.2, 0) is 11.3 Å². The summed E-state index contributed by atoms with van der Waals surface area (Å²) >= 11 is 0. The summed E-state index contributed by atoms with van der Waals surface area (Å²) in [5.41, 5.74) is 0. The number of imidazole rings is 1. The molecule has 0 unspecified atom stereocenters. The van der Waals surface area contributed by atoms with Gasteiger partial charge in [-0.2, -0.15) is 0 Å². The van der Waals surface area contributed by atoms with Crippen molar-refractivity contribution in [2.45, 2.75) is 32.1 Å². The van der Waals surface area contributed by atoms with Gasteiger partial charge in [0, 0.05) is 43.9 Å². The van der Waals surface area contributed by atoms with Crippen LogP contribution in [0.5, 0.6) is 0 Å². The van der Waals surface area contributed by atoms with Crippen molar-refractivity contribution < 1.29 is 15.0 Å². The van der Waals surface area contributed by atoms with E-state index in [4.69, 9.17) is 0 Å². The number of aliphatic hydroxyl groups is 2. The molecule has 6 atom stereocenters. The molecule has 7 nitrogen and oxygen atoms in total. The highest BCUT2D eigenvalue weighted by Crippen LogP contribution is 2.41. The molecular weight excluding hydrogens is 296 g/mol. The van der Waals surface area contributed by atoms with Crippen molar-refractivity contribution >= 4 is 5.91 Å². The molecule has 4 N–H and O–H groups in total. The number of aliphatic hydroxyl groups excluding tert-OH is 2. The summed E-state index contributed by atoms with van der Waals surface area (Å²) in [4.78, 5) is 16.6. The summed E-state index contributed by atoms with van der Waals surface area (Å²) < 4.78 is 1.98. The zero-order chi connectivity index (χ0) is 16.4. The number of nitrogens with zero attached hydrogens (tertiary/aromatic N) is 2. The highest BCUT2D eigenvalue weighted by molar-refractivity contribution is 5.79. The molecular formula is C16H26N4O3. The van der Waals surface area contributed by atoms with E-state index in [9.17, 15) is 15.0 Å². The largest absolute Gasteiger partial charge is 0.390 e. The van der Waals surface area contributed by atoms with E-state index in [0.29, 0.717) is 13.1 Å². The van der Waals surface area contributed by atoms with E-state index in [0.717, 1.165) is 19.5 Å². The highest BCUT2D eigenvalue weighted by Gasteiger charge is 2.51. The average molecular weight is 322 g/mol. The van der Waals surface area contributed by atoms with Gasteiger partial charge in [0.05, 0.1) is 18.5 Å². The average Bonchev–Trinajstić information content (AvgIpc) is 3.21. The van der Waals surface area contributed by atoms with Crippen LogP contribution in [0, 0.1) is 23.7 Å². The Bertz CT molecular complexity index is 521. The number of amides is 1. The quantitative estimate of drug-likeness (QED) is 0.533. The lowest BCUT2D eigenvalue weighted by Crippen LogP contribution is -2.55. The van der Waals surface area contributed by atoms with Crippen LogP contribution in [-0.4, -0.2) is 57.5 Å². The van der Waals surface area contributed by atoms with Gasteiger partial charge in [-0.05, 0) is 24.8 Å². The number of aromatic nitrogens is 2. The van der Waals surface area contributed by atoms with E-state index in [-0.39, 0.29) is 29.6 Å². The van der Waals surface area contributed by atoms with Crippen molar-refractivity contribution in [3.05, 3.63) is 18.7 Å². The molecule has 23 heavy (non-hydrogen) atoms. The van der Waals surface area contributed by atoms with Crippen LogP contribution in [0.4, 0.5) is 0 Å². The summed E-state index contributed by atoms with van der Waals surface area (Å²) in [6.07, 6.45) is 4.66. The molecule has 0 bridgehead atoms. The fourth-order valence-corrected chi connectivity index (χ4v) is 4.10. The zero-order valence-corrected chi connectivity index (χ0v) is 13.4. The maximum atomic E-state index is 12.6. The van der Waals surface area contributed by atoms with Gasteiger partial charge in [-0.15, -0.1) is 0 Å². The van der Waals surface area contributed by atoms with Crippen LogP contribution in [0.15, 0.2) is 18.7 Å². The Labute approximate surface area is 136 Å². The third-order valence-electron chi connectivity index (χ3n) is 5.42. The number of hydrogen-bond donors (Lipinski definition) is 4. The van der Waals surface area contributed by atoms with E-state index in [2.05, 4.69) is 15.6 Å². The predicted molar refractivity (Wildman–Crippen MR) is 84.4 cm³/mol. The number of fused-ring (bicyclic) bond motifs is 1. The zero-order valence-electron chi connectivity index (χ0n) is 13.4. The van der Waals surface area contributed by atoms with Crippen molar-refractivity contribution in [1.82, 2.24) is 20.2 Å². The number of aryl methyl sites for hydroxylation is 1. The van der Waals surface area contributed by atoms with Crippen molar-refractivity contribution in [1.29, 1.82) is 0 Å². The first-order valence-electron chi connectivity index (χ1n) is 8.40. The van der Waals surface area contributed by atoms with Gasteiger partial charge in [0.2, 0.25) is 5.91 Å². The molecule has 0 spiro atoms. The minimum absolute atomic E-state index is 0.00668. The standard InChI is InChI=1S/C16H26N4O3/c1-10-13(11-7-18-8-12(11)15(22)14(10)21)16(23)19-3-2-5-20-6-4-17-9-20/h4,6,9-15,18,21-22H,2-3,5,7-8H2,1H3,(H,19,23)/t10-,11+,12+,13+,14+,15+/m1/s1. The molecule has 1 amide bonds. The Hall–Kier alpha value is -1.44. The third-order valence-corrected chi connectivity index (χ3v) is 5.42. The monoisotopic (exact) mass is 322 g/mol. The van der Waals surface area contributed by atoms with Gasteiger partial charge in [0.15, 0.2) is 0 Å². The molecule has 1 aliphatic heterocycles. The topological polar surface area (TPSA) is 99.4 Å². The first kappa shape index (κ1) is 16.4. The third kappa shape index (κ3) is 3.27. The van der Waals surface area contributed by atoms with Gasteiger partial charge in [0.25, 0.3) is 0 Å². The lowest BCUT2D eigenvalue weighted by Gasteiger charge is -2.43. The van der Waals surface area contributed by atoms with Gasteiger partial charge in [-0.1, -0.05) is 6.92 Å². The molecule has 1 saturated carbocycles. The van der Waals surface area contributed by atoms with Gasteiger partial charge in [-0.3, -0.25) is 4.79 Å². The molecule has 2 aliphatic rings. The second-order valence-electron chi connectivity index (χ2n) is 6.80. The van der Waals surface area contributed by atoms with Crippen LogP contribution in [0.2, 0.25) is 0 Å². The number of nitrogens with one attached hydrogen (secondary N) is 2. The molecule has 2 fully saturated rings. The summed E-state index contributed by atoms with van der Waals surface area (Å²) in [7, 11) is 0. The maximum absolute atomic E-state index is 12.6. The maximum Gasteiger partial charge on any atom is 0.223 e. The minimum Gasteiger partial charge on any atom is -0.390 e. The molecule has 1 aliphatic carbocycles. The van der Waals surface area contributed by atoms with E-state index < -0.39 is 12.2 Å². The number of rotatable bonds is 5. The molecule has 7 heteroatoms. The van der Waals surface area contributed by atoms with E-state index in [1.54, 1.807) is 12.5 Å². The van der Waals surface area contributed by atoms with Crippen molar-refractivity contribution in [3.8, 4) is 0 Å². The molecule has 2 heterocycles. The van der Waals surface area contributed by atoms with E-state index in [1.807, 2.05) is 17.7 Å². The highest BCUT2D eigenvalue weighted by atomic mass is 16.3. The number of carbonyl (C=O) groups is 1. The second-order valence-corrected chi connectivity index (χ2v) is 6.80. The fourth-order valence-electron chi connectivity index (χ4n) is 4.10. The fraction of sp³-hybridized carbons (Fsp3) is 0.750. The molecule has 128 valence electrons. The Morgan fingerprint density at radius 1 is 1.35 bits per heavy atom. The molecule has 1 aromatic heterocycles.